The Hall–Kier alpha value is -1.10. The molecule has 0 bridgehead atoms. The second kappa shape index (κ2) is 5.49. The first-order valence-electron chi connectivity index (χ1n) is 5.05. The van der Waals surface area contributed by atoms with Crippen molar-refractivity contribution in [2.24, 2.45) is 0 Å². The average molecular weight is 267 g/mol. The first-order valence-corrected chi connectivity index (χ1v) is 6.25. The van der Waals surface area contributed by atoms with E-state index in [0.29, 0.717) is 15.7 Å². The van der Waals surface area contributed by atoms with E-state index in [4.69, 9.17) is 11.6 Å². The maximum absolute atomic E-state index is 9.24. The molecule has 0 aliphatic heterocycles. The number of halogens is 1. The molecule has 0 aliphatic carbocycles. The molecule has 1 aromatic heterocycles. The molecular weight excluding hydrogens is 256 g/mol. The third-order valence-corrected chi connectivity index (χ3v) is 3.63. The quantitative estimate of drug-likeness (QED) is 0.868. The zero-order chi connectivity index (χ0) is 12.3. The second-order valence-electron chi connectivity index (χ2n) is 3.52. The van der Waals surface area contributed by atoms with Crippen LogP contribution in [0, 0.1) is 6.92 Å². The van der Waals surface area contributed by atoms with Crippen LogP contribution in [0.5, 0.6) is 0 Å². The molecule has 0 unspecified atom stereocenters. The standard InChI is InChI=1S/C12H11ClN2OS/c1-8-2-4-9(5-3-8)17-12-10(6-16)11(13)14-7-15-12/h2-5,7,16H,6H2,1H3. The Morgan fingerprint density at radius 1 is 1.24 bits per heavy atom. The molecule has 0 radical (unpaired) electrons. The van der Waals surface area contributed by atoms with Crippen molar-refractivity contribution in [3.05, 3.63) is 46.9 Å². The summed E-state index contributed by atoms with van der Waals surface area (Å²) in [5.74, 6) is 0. The lowest BCUT2D eigenvalue weighted by Crippen LogP contribution is -1.95. The number of hydrogen-bond donors (Lipinski definition) is 1. The number of aliphatic hydroxyl groups is 1. The van der Waals surface area contributed by atoms with E-state index < -0.39 is 0 Å². The van der Waals surface area contributed by atoms with Crippen molar-refractivity contribution < 1.29 is 5.11 Å². The summed E-state index contributed by atoms with van der Waals surface area (Å²) in [6.07, 6.45) is 1.40. The lowest BCUT2D eigenvalue weighted by atomic mass is 10.2. The van der Waals surface area contributed by atoms with E-state index in [0.717, 1.165) is 4.90 Å². The molecule has 2 rings (SSSR count). The SMILES string of the molecule is Cc1ccc(Sc2ncnc(Cl)c2CO)cc1. The van der Waals surface area contributed by atoms with Gasteiger partial charge in [-0.15, -0.1) is 0 Å². The molecule has 0 aliphatic rings. The highest BCUT2D eigenvalue weighted by molar-refractivity contribution is 7.99. The van der Waals surface area contributed by atoms with Crippen LogP contribution in [0.3, 0.4) is 0 Å². The summed E-state index contributed by atoms with van der Waals surface area (Å²) in [7, 11) is 0. The van der Waals surface area contributed by atoms with Gasteiger partial charge in [0.05, 0.1) is 6.61 Å². The Morgan fingerprint density at radius 2 is 1.94 bits per heavy atom. The van der Waals surface area contributed by atoms with Crippen molar-refractivity contribution >= 4 is 23.4 Å². The van der Waals surface area contributed by atoms with Gasteiger partial charge < -0.3 is 5.11 Å². The molecule has 0 saturated carbocycles. The van der Waals surface area contributed by atoms with E-state index in [1.807, 2.05) is 31.2 Å². The van der Waals surface area contributed by atoms with Crippen LogP contribution >= 0.6 is 23.4 Å². The van der Waals surface area contributed by atoms with Crippen molar-refractivity contribution in [3.8, 4) is 0 Å². The number of benzene rings is 1. The molecule has 88 valence electrons. The Morgan fingerprint density at radius 3 is 2.59 bits per heavy atom. The van der Waals surface area contributed by atoms with Gasteiger partial charge in [-0.2, -0.15) is 0 Å². The van der Waals surface area contributed by atoms with Crippen LogP contribution in [-0.2, 0) is 6.61 Å². The van der Waals surface area contributed by atoms with Crippen LogP contribution in [0.15, 0.2) is 40.5 Å². The third kappa shape index (κ3) is 2.97. The minimum atomic E-state index is -0.159. The first-order chi connectivity index (χ1) is 8.20. The largest absolute Gasteiger partial charge is 0.391 e. The lowest BCUT2D eigenvalue weighted by Gasteiger charge is -2.06. The van der Waals surface area contributed by atoms with Crippen LogP contribution in [0.4, 0.5) is 0 Å². The molecule has 0 fully saturated rings. The van der Waals surface area contributed by atoms with Gasteiger partial charge in [-0.05, 0) is 19.1 Å². The maximum Gasteiger partial charge on any atom is 0.139 e. The summed E-state index contributed by atoms with van der Waals surface area (Å²) in [4.78, 5) is 9.04. The molecule has 0 atom stereocenters. The van der Waals surface area contributed by atoms with Gasteiger partial charge >= 0.3 is 0 Å². The molecule has 0 spiro atoms. The molecule has 1 N–H and O–H groups in total. The molecule has 1 aromatic carbocycles. The Kier molecular flexibility index (Phi) is 3.99. The highest BCUT2D eigenvalue weighted by Gasteiger charge is 2.10. The fraction of sp³-hybridized carbons (Fsp3) is 0.167. The number of aliphatic hydroxyl groups excluding tert-OH is 1. The fourth-order valence-electron chi connectivity index (χ4n) is 1.31. The van der Waals surface area contributed by atoms with Crippen molar-refractivity contribution in [2.45, 2.75) is 23.5 Å². The van der Waals surface area contributed by atoms with Crippen molar-refractivity contribution in [1.29, 1.82) is 0 Å². The Labute approximate surface area is 109 Å². The van der Waals surface area contributed by atoms with Gasteiger partial charge in [-0.25, -0.2) is 9.97 Å². The number of aromatic nitrogens is 2. The molecule has 5 heteroatoms. The van der Waals surface area contributed by atoms with Crippen LogP contribution in [0.1, 0.15) is 11.1 Å². The Balaban J connectivity index is 2.29. The zero-order valence-corrected chi connectivity index (χ0v) is 10.8. The molecular formula is C12H11ClN2OS. The van der Waals surface area contributed by atoms with Gasteiger partial charge in [0.1, 0.15) is 16.5 Å². The fourth-order valence-corrected chi connectivity index (χ4v) is 2.44. The number of hydrogen-bond acceptors (Lipinski definition) is 4. The summed E-state index contributed by atoms with van der Waals surface area (Å²) in [5, 5.41) is 10.2. The van der Waals surface area contributed by atoms with Crippen LogP contribution < -0.4 is 0 Å². The van der Waals surface area contributed by atoms with Gasteiger partial charge in [0.2, 0.25) is 0 Å². The van der Waals surface area contributed by atoms with Gasteiger partial charge in [-0.3, -0.25) is 0 Å². The van der Waals surface area contributed by atoms with E-state index in [2.05, 4.69) is 9.97 Å². The highest BCUT2D eigenvalue weighted by Crippen LogP contribution is 2.31. The molecule has 3 nitrogen and oxygen atoms in total. The van der Waals surface area contributed by atoms with Gasteiger partial charge in [0, 0.05) is 10.5 Å². The summed E-state index contributed by atoms with van der Waals surface area (Å²) in [5.41, 5.74) is 1.78. The topological polar surface area (TPSA) is 46.0 Å². The van der Waals surface area contributed by atoms with Crippen LogP contribution in [0.2, 0.25) is 5.15 Å². The number of rotatable bonds is 3. The zero-order valence-electron chi connectivity index (χ0n) is 9.22. The lowest BCUT2D eigenvalue weighted by molar-refractivity contribution is 0.277. The van der Waals surface area contributed by atoms with E-state index >= 15 is 0 Å². The monoisotopic (exact) mass is 266 g/mol. The highest BCUT2D eigenvalue weighted by atomic mass is 35.5. The van der Waals surface area contributed by atoms with E-state index in [1.165, 1.54) is 23.7 Å². The predicted molar refractivity (Wildman–Crippen MR) is 68.3 cm³/mol. The summed E-state index contributed by atoms with van der Waals surface area (Å²) < 4.78 is 0. The summed E-state index contributed by atoms with van der Waals surface area (Å²) in [6, 6.07) is 8.09. The summed E-state index contributed by atoms with van der Waals surface area (Å²) in [6.45, 7) is 1.88. The van der Waals surface area contributed by atoms with Gasteiger partial charge in [0.15, 0.2) is 0 Å². The molecule has 0 amide bonds. The molecule has 0 saturated heterocycles. The van der Waals surface area contributed by atoms with Crippen molar-refractivity contribution in [2.75, 3.05) is 0 Å². The van der Waals surface area contributed by atoms with Gasteiger partial charge in [0.25, 0.3) is 0 Å². The minimum absolute atomic E-state index is 0.159. The van der Waals surface area contributed by atoms with Crippen LogP contribution in [0.25, 0.3) is 0 Å². The Bertz CT molecular complexity index is 516. The first kappa shape index (κ1) is 12.4. The second-order valence-corrected chi connectivity index (χ2v) is 4.94. The molecule has 2 aromatic rings. The minimum Gasteiger partial charge on any atom is -0.391 e. The normalized spacial score (nSPS) is 10.5. The number of aryl methyl sites for hydroxylation is 1. The van der Waals surface area contributed by atoms with E-state index in [1.54, 1.807) is 0 Å². The molecule has 17 heavy (non-hydrogen) atoms. The van der Waals surface area contributed by atoms with Crippen LogP contribution in [-0.4, -0.2) is 15.1 Å². The van der Waals surface area contributed by atoms with E-state index in [9.17, 15) is 5.11 Å². The third-order valence-electron chi connectivity index (χ3n) is 2.25. The average Bonchev–Trinajstić information content (AvgIpc) is 2.32. The van der Waals surface area contributed by atoms with Crippen molar-refractivity contribution in [3.63, 3.8) is 0 Å². The van der Waals surface area contributed by atoms with Crippen molar-refractivity contribution in [1.82, 2.24) is 9.97 Å². The molecule has 1 heterocycles. The van der Waals surface area contributed by atoms with Gasteiger partial charge in [-0.1, -0.05) is 41.1 Å². The summed E-state index contributed by atoms with van der Waals surface area (Å²) >= 11 is 7.36. The predicted octanol–water partition coefficient (Wildman–Crippen LogP) is 3.08. The maximum atomic E-state index is 9.24. The van der Waals surface area contributed by atoms with E-state index in [-0.39, 0.29) is 6.61 Å². The number of nitrogens with zero attached hydrogens (tertiary/aromatic N) is 2. The smallest absolute Gasteiger partial charge is 0.139 e.